The molecule has 11 heavy (non-hydrogen) atoms. The summed E-state index contributed by atoms with van der Waals surface area (Å²) < 4.78 is 0. The molecule has 0 radical (unpaired) electrons. The van der Waals surface area contributed by atoms with Gasteiger partial charge in [-0.2, -0.15) is 5.26 Å². The Kier molecular flexibility index (Phi) is 2.56. The lowest BCUT2D eigenvalue weighted by Gasteiger charge is -1.98. The molecule has 0 spiro atoms. The fourth-order valence-corrected chi connectivity index (χ4v) is 1.25. The van der Waals surface area contributed by atoms with Gasteiger partial charge in [0, 0.05) is 4.90 Å². The average Bonchev–Trinajstić information content (AvgIpc) is 2.03. The molecular weight excluding hydrogens is 154 g/mol. The molecule has 0 aliphatic rings. The molecule has 1 aromatic carbocycles. The Bertz CT molecular complexity index is 299. The molecule has 0 saturated heterocycles. The molecule has 0 aliphatic heterocycles. The summed E-state index contributed by atoms with van der Waals surface area (Å²) in [6.07, 6.45) is 0.948. The van der Waals surface area contributed by atoms with Crippen molar-refractivity contribution in [2.45, 2.75) is 18.2 Å². The molecule has 0 atom stereocenters. The van der Waals surface area contributed by atoms with Crippen LogP contribution in [0, 0.1) is 11.3 Å². The van der Waals surface area contributed by atoms with Gasteiger partial charge in [0.15, 0.2) is 0 Å². The van der Waals surface area contributed by atoms with E-state index in [1.54, 1.807) is 6.07 Å². The van der Waals surface area contributed by atoms with Crippen LogP contribution in [0.4, 0.5) is 0 Å². The van der Waals surface area contributed by atoms with E-state index >= 15 is 0 Å². The molecule has 1 nitrogen and oxygen atoms in total. The van der Waals surface area contributed by atoms with Crippen LogP contribution < -0.4 is 0 Å². The van der Waals surface area contributed by atoms with Gasteiger partial charge in [-0.3, -0.25) is 0 Å². The van der Waals surface area contributed by atoms with Crippen molar-refractivity contribution in [3.63, 3.8) is 0 Å². The molecule has 0 N–H and O–H groups in total. The molecule has 0 bridgehead atoms. The van der Waals surface area contributed by atoms with Gasteiger partial charge in [0.1, 0.15) is 0 Å². The number of aryl methyl sites for hydroxylation is 1. The summed E-state index contributed by atoms with van der Waals surface area (Å²) in [7, 11) is 0. The zero-order chi connectivity index (χ0) is 8.27. The van der Waals surface area contributed by atoms with E-state index < -0.39 is 0 Å². The van der Waals surface area contributed by atoms with Crippen LogP contribution in [0.25, 0.3) is 0 Å². The van der Waals surface area contributed by atoms with Crippen LogP contribution in [0.15, 0.2) is 23.1 Å². The fourth-order valence-electron chi connectivity index (χ4n) is 0.943. The maximum atomic E-state index is 8.60. The highest BCUT2D eigenvalue weighted by Gasteiger charge is 1.95. The molecule has 1 rings (SSSR count). The second kappa shape index (κ2) is 3.45. The molecule has 0 fully saturated rings. The standard InChI is InChI=1S/C9H9NS/c1-2-7-3-8(6-10)5-9(11)4-7/h3-5,11H,2H2,1H3. The van der Waals surface area contributed by atoms with Crippen LogP contribution >= 0.6 is 12.6 Å². The van der Waals surface area contributed by atoms with Crippen molar-refractivity contribution in [1.82, 2.24) is 0 Å². The largest absolute Gasteiger partial charge is 0.192 e. The minimum absolute atomic E-state index is 0.689. The SMILES string of the molecule is CCc1cc(S)cc(C#N)c1. The van der Waals surface area contributed by atoms with Gasteiger partial charge in [-0.15, -0.1) is 12.6 Å². The molecule has 0 aliphatic carbocycles. The third kappa shape index (κ3) is 1.99. The van der Waals surface area contributed by atoms with Crippen molar-refractivity contribution in [3.05, 3.63) is 29.3 Å². The van der Waals surface area contributed by atoms with E-state index in [1.165, 1.54) is 0 Å². The van der Waals surface area contributed by atoms with E-state index in [2.05, 4.69) is 25.6 Å². The predicted molar refractivity (Wildman–Crippen MR) is 47.8 cm³/mol. The van der Waals surface area contributed by atoms with Crippen molar-refractivity contribution in [3.8, 4) is 6.07 Å². The molecule has 2 heteroatoms. The van der Waals surface area contributed by atoms with Crippen LogP contribution in [0.5, 0.6) is 0 Å². The number of hydrogen-bond acceptors (Lipinski definition) is 2. The summed E-state index contributed by atoms with van der Waals surface area (Å²) in [5.41, 5.74) is 1.85. The fraction of sp³-hybridized carbons (Fsp3) is 0.222. The minimum atomic E-state index is 0.689. The highest BCUT2D eigenvalue weighted by Crippen LogP contribution is 2.13. The highest BCUT2D eigenvalue weighted by molar-refractivity contribution is 7.80. The molecule has 0 heterocycles. The van der Waals surface area contributed by atoms with Gasteiger partial charge in [-0.25, -0.2) is 0 Å². The highest BCUT2D eigenvalue weighted by atomic mass is 32.1. The lowest BCUT2D eigenvalue weighted by Crippen LogP contribution is -1.82. The second-order valence-corrected chi connectivity index (χ2v) is 2.87. The summed E-state index contributed by atoms with van der Waals surface area (Å²) in [5, 5.41) is 8.60. The number of rotatable bonds is 1. The number of nitrogens with zero attached hydrogens (tertiary/aromatic N) is 1. The Morgan fingerprint density at radius 2 is 2.18 bits per heavy atom. The van der Waals surface area contributed by atoms with Gasteiger partial charge in [-0.05, 0) is 30.2 Å². The first-order valence-corrected chi connectivity index (χ1v) is 3.94. The Morgan fingerprint density at radius 1 is 1.45 bits per heavy atom. The average molecular weight is 163 g/mol. The smallest absolute Gasteiger partial charge is 0.0992 e. The summed E-state index contributed by atoms with van der Waals surface area (Å²) in [6.45, 7) is 2.06. The maximum Gasteiger partial charge on any atom is 0.0992 e. The monoisotopic (exact) mass is 163 g/mol. The Balaban J connectivity index is 3.15. The molecular formula is C9H9NS. The van der Waals surface area contributed by atoms with E-state index in [4.69, 9.17) is 5.26 Å². The molecule has 0 saturated carbocycles. The van der Waals surface area contributed by atoms with E-state index in [0.29, 0.717) is 5.56 Å². The lowest BCUT2D eigenvalue weighted by atomic mass is 10.1. The van der Waals surface area contributed by atoms with E-state index in [0.717, 1.165) is 16.9 Å². The van der Waals surface area contributed by atoms with Crippen molar-refractivity contribution in [2.75, 3.05) is 0 Å². The third-order valence-corrected chi connectivity index (χ3v) is 1.77. The second-order valence-electron chi connectivity index (χ2n) is 2.35. The summed E-state index contributed by atoms with van der Waals surface area (Å²) in [4.78, 5) is 0.862. The van der Waals surface area contributed by atoms with Gasteiger partial charge in [0.2, 0.25) is 0 Å². The quantitative estimate of drug-likeness (QED) is 0.631. The molecule has 0 amide bonds. The summed E-state index contributed by atoms with van der Waals surface area (Å²) in [6, 6.07) is 7.72. The van der Waals surface area contributed by atoms with E-state index in [-0.39, 0.29) is 0 Å². The van der Waals surface area contributed by atoms with Crippen LogP contribution in [0.3, 0.4) is 0 Å². The van der Waals surface area contributed by atoms with Crippen molar-refractivity contribution < 1.29 is 0 Å². The third-order valence-electron chi connectivity index (χ3n) is 1.51. The van der Waals surface area contributed by atoms with Crippen molar-refractivity contribution in [2.24, 2.45) is 0 Å². The summed E-state index contributed by atoms with van der Waals surface area (Å²) in [5.74, 6) is 0. The Hall–Kier alpha value is -0.940. The lowest BCUT2D eigenvalue weighted by molar-refractivity contribution is 1.12. The zero-order valence-electron chi connectivity index (χ0n) is 6.33. The maximum absolute atomic E-state index is 8.60. The Labute approximate surface area is 72.1 Å². The van der Waals surface area contributed by atoms with Crippen LogP contribution in [0.1, 0.15) is 18.1 Å². The number of nitriles is 1. The first-order chi connectivity index (χ1) is 5.26. The number of thiol groups is 1. The first kappa shape index (κ1) is 8.16. The van der Waals surface area contributed by atoms with Gasteiger partial charge in [-0.1, -0.05) is 6.92 Å². The van der Waals surface area contributed by atoms with Crippen molar-refractivity contribution >= 4 is 12.6 Å². The van der Waals surface area contributed by atoms with Gasteiger partial charge >= 0.3 is 0 Å². The first-order valence-electron chi connectivity index (χ1n) is 3.49. The normalized spacial score (nSPS) is 9.18. The number of hydrogen-bond donors (Lipinski definition) is 1. The van der Waals surface area contributed by atoms with Gasteiger partial charge < -0.3 is 0 Å². The number of benzene rings is 1. The van der Waals surface area contributed by atoms with Gasteiger partial charge in [0.05, 0.1) is 11.6 Å². The summed E-state index contributed by atoms with van der Waals surface area (Å²) >= 11 is 4.18. The Morgan fingerprint density at radius 3 is 2.73 bits per heavy atom. The van der Waals surface area contributed by atoms with E-state index in [9.17, 15) is 0 Å². The topological polar surface area (TPSA) is 23.8 Å². The molecule has 1 aromatic rings. The van der Waals surface area contributed by atoms with Crippen LogP contribution in [0.2, 0.25) is 0 Å². The van der Waals surface area contributed by atoms with Crippen LogP contribution in [-0.2, 0) is 6.42 Å². The van der Waals surface area contributed by atoms with Gasteiger partial charge in [0.25, 0.3) is 0 Å². The predicted octanol–water partition coefficient (Wildman–Crippen LogP) is 2.41. The zero-order valence-corrected chi connectivity index (χ0v) is 7.23. The molecule has 56 valence electrons. The minimum Gasteiger partial charge on any atom is -0.192 e. The molecule has 0 aromatic heterocycles. The molecule has 0 unspecified atom stereocenters. The van der Waals surface area contributed by atoms with Crippen molar-refractivity contribution in [1.29, 1.82) is 5.26 Å². The van der Waals surface area contributed by atoms with E-state index in [1.807, 2.05) is 12.1 Å². The van der Waals surface area contributed by atoms with Crippen LogP contribution in [-0.4, -0.2) is 0 Å².